The van der Waals surface area contributed by atoms with Crippen molar-refractivity contribution in [3.63, 3.8) is 0 Å². The van der Waals surface area contributed by atoms with Gasteiger partial charge in [0.05, 0.1) is 0 Å². The van der Waals surface area contributed by atoms with Gasteiger partial charge in [0.2, 0.25) is 5.43 Å². The number of carbonyl (C=O) groups is 1. The topological polar surface area (TPSA) is 73.2 Å². The minimum absolute atomic E-state index is 0.116. The maximum Gasteiger partial charge on any atom is 0.262 e. The van der Waals surface area contributed by atoms with Gasteiger partial charge >= 0.3 is 0 Å². The van der Waals surface area contributed by atoms with Crippen LogP contribution >= 0.6 is 22.6 Å². The number of pyridine rings is 2. The molecule has 7 heteroatoms. The molecule has 31 heavy (non-hydrogen) atoms. The third-order valence-corrected chi connectivity index (χ3v) is 6.10. The fraction of sp³-hybridized carbons (Fsp3) is 0.292. The average Bonchev–Trinajstić information content (AvgIpc) is 2.78. The van der Waals surface area contributed by atoms with Gasteiger partial charge in [-0.15, -0.1) is 0 Å². The Labute approximate surface area is 194 Å². The molecule has 1 amide bonds. The summed E-state index contributed by atoms with van der Waals surface area (Å²) in [6.45, 7) is 4.25. The van der Waals surface area contributed by atoms with Crippen LogP contribution in [-0.4, -0.2) is 28.7 Å². The first-order chi connectivity index (χ1) is 15.0. The Hall–Kier alpha value is -2.52. The van der Waals surface area contributed by atoms with Crippen LogP contribution in [0.1, 0.15) is 28.8 Å². The standard InChI is InChI=1S/C24H24IN3O3/c1-16-2-4-18(5-3-16)20-14-28(13-17-8-10-31-11-9-17)15-21(23(20)29)24(30)27-22-7-6-19(25)12-26-22/h2-7,12,14-15,17H,8-11,13H2,1H3,(H,26,27,30). The number of halogens is 1. The van der Waals surface area contributed by atoms with Gasteiger partial charge in [0.15, 0.2) is 0 Å². The second-order valence-corrected chi connectivity index (χ2v) is 9.09. The fourth-order valence-corrected chi connectivity index (χ4v) is 4.02. The molecule has 0 radical (unpaired) electrons. The molecule has 0 unspecified atom stereocenters. The molecule has 6 nitrogen and oxygen atoms in total. The molecule has 1 fully saturated rings. The molecule has 1 N–H and O–H groups in total. The Morgan fingerprint density at radius 1 is 1.16 bits per heavy atom. The number of amides is 1. The lowest BCUT2D eigenvalue weighted by atomic mass is 9.99. The quantitative estimate of drug-likeness (QED) is 0.494. The van der Waals surface area contributed by atoms with Crippen molar-refractivity contribution in [3.05, 3.63) is 79.9 Å². The summed E-state index contributed by atoms with van der Waals surface area (Å²) in [5, 5.41) is 2.76. The molecule has 1 aromatic carbocycles. The lowest BCUT2D eigenvalue weighted by Gasteiger charge is -2.23. The maximum atomic E-state index is 13.3. The fourth-order valence-electron chi connectivity index (χ4n) is 3.70. The predicted molar refractivity (Wildman–Crippen MR) is 129 cm³/mol. The molecule has 3 aromatic rings. The van der Waals surface area contributed by atoms with Crippen LogP contribution in [0.25, 0.3) is 11.1 Å². The number of ether oxygens (including phenoxy) is 1. The van der Waals surface area contributed by atoms with Crippen LogP contribution in [0.4, 0.5) is 5.82 Å². The van der Waals surface area contributed by atoms with E-state index in [1.807, 2.05) is 48.0 Å². The van der Waals surface area contributed by atoms with E-state index in [1.165, 1.54) is 0 Å². The van der Waals surface area contributed by atoms with Crippen molar-refractivity contribution < 1.29 is 9.53 Å². The molecule has 0 aliphatic carbocycles. The van der Waals surface area contributed by atoms with Crippen LogP contribution in [0.15, 0.2) is 59.8 Å². The van der Waals surface area contributed by atoms with E-state index < -0.39 is 5.91 Å². The zero-order chi connectivity index (χ0) is 21.8. The Bertz CT molecular complexity index is 1120. The molecule has 1 aliphatic rings. The van der Waals surface area contributed by atoms with Crippen molar-refractivity contribution in [2.24, 2.45) is 5.92 Å². The molecular weight excluding hydrogens is 505 g/mol. The van der Waals surface area contributed by atoms with Crippen molar-refractivity contribution in [2.75, 3.05) is 18.5 Å². The monoisotopic (exact) mass is 529 g/mol. The predicted octanol–water partition coefficient (Wildman–Crippen LogP) is 4.50. The molecule has 3 heterocycles. The van der Waals surface area contributed by atoms with E-state index >= 15 is 0 Å². The number of nitrogens with zero attached hydrogens (tertiary/aromatic N) is 2. The summed E-state index contributed by atoms with van der Waals surface area (Å²) in [5.41, 5.74) is 2.28. The van der Waals surface area contributed by atoms with E-state index in [0.29, 0.717) is 17.3 Å². The third-order valence-electron chi connectivity index (χ3n) is 5.47. The van der Waals surface area contributed by atoms with E-state index in [4.69, 9.17) is 4.74 Å². The first-order valence-electron chi connectivity index (χ1n) is 10.3. The summed E-state index contributed by atoms with van der Waals surface area (Å²) in [6.07, 6.45) is 7.14. The Balaban J connectivity index is 1.71. The Kier molecular flexibility index (Phi) is 6.82. The van der Waals surface area contributed by atoms with Crippen LogP contribution in [-0.2, 0) is 11.3 Å². The molecule has 160 valence electrons. The number of anilines is 1. The number of nitrogens with one attached hydrogen (secondary N) is 1. The lowest BCUT2D eigenvalue weighted by molar-refractivity contribution is 0.0612. The summed E-state index contributed by atoms with van der Waals surface area (Å²) in [5.74, 6) is 0.422. The van der Waals surface area contributed by atoms with Gasteiger partial charge in [-0.2, -0.15) is 0 Å². The summed E-state index contributed by atoms with van der Waals surface area (Å²) in [6, 6.07) is 11.4. The number of aromatic nitrogens is 2. The van der Waals surface area contributed by atoms with Gasteiger partial charge in [-0.05, 0) is 66.0 Å². The highest BCUT2D eigenvalue weighted by atomic mass is 127. The van der Waals surface area contributed by atoms with Gasteiger partial charge in [-0.25, -0.2) is 4.98 Å². The van der Waals surface area contributed by atoms with Crippen molar-refractivity contribution in [1.29, 1.82) is 0 Å². The molecule has 0 bridgehead atoms. The van der Waals surface area contributed by atoms with Gasteiger partial charge in [-0.1, -0.05) is 29.8 Å². The van der Waals surface area contributed by atoms with Crippen LogP contribution in [0.3, 0.4) is 0 Å². The largest absolute Gasteiger partial charge is 0.381 e. The van der Waals surface area contributed by atoms with Gasteiger partial charge in [0, 0.05) is 47.5 Å². The van der Waals surface area contributed by atoms with E-state index in [0.717, 1.165) is 47.3 Å². The number of carbonyl (C=O) groups excluding carboxylic acids is 1. The number of hydrogen-bond acceptors (Lipinski definition) is 4. The zero-order valence-electron chi connectivity index (χ0n) is 17.3. The van der Waals surface area contributed by atoms with E-state index in [1.54, 1.807) is 18.5 Å². The highest BCUT2D eigenvalue weighted by Crippen LogP contribution is 2.21. The number of hydrogen-bond donors (Lipinski definition) is 1. The molecular formula is C24H24IN3O3. The van der Waals surface area contributed by atoms with Gasteiger partial charge in [-0.3, -0.25) is 9.59 Å². The molecule has 0 spiro atoms. The number of rotatable bonds is 5. The van der Waals surface area contributed by atoms with Crippen molar-refractivity contribution in [3.8, 4) is 11.1 Å². The highest BCUT2D eigenvalue weighted by molar-refractivity contribution is 14.1. The number of benzene rings is 1. The zero-order valence-corrected chi connectivity index (χ0v) is 19.5. The normalized spacial score (nSPS) is 14.4. The van der Waals surface area contributed by atoms with Gasteiger partial charge in [0.25, 0.3) is 5.91 Å². The molecule has 1 saturated heterocycles. The smallest absolute Gasteiger partial charge is 0.262 e. The second kappa shape index (κ2) is 9.74. The number of aryl methyl sites for hydroxylation is 1. The van der Waals surface area contributed by atoms with E-state index in [9.17, 15) is 9.59 Å². The highest BCUT2D eigenvalue weighted by Gasteiger charge is 2.19. The summed E-state index contributed by atoms with van der Waals surface area (Å²) >= 11 is 2.15. The SMILES string of the molecule is Cc1ccc(-c2cn(CC3CCOCC3)cc(C(=O)Nc3ccc(I)cn3)c2=O)cc1. The third kappa shape index (κ3) is 5.40. The molecule has 0 atom stereocenters. The summed E-state index contributed by atoms with van der Waals surface area (Å²) in [7, 11) is 0. The van der Waals surface area contributed by atoms with Crippen molar-refractivity contribution >= 4 is 34.3 Å². The maximum absolute atomic E-state index is 13.3. The van der Waals surface area contributed by atoms with E-state index in [2.05, 4.69) is 32.9 Å². The van der Waals surface area contributed by atoms with Crippen LogP contribution in [0.5, 0.6) is 0 Å². The van der Waals surface area contributed by atoms with Crippen LogP contribution in [0.2, 0.25) is 0 Å². The summed E-state index contributed by atoms with van der Waals surface area (Å²) < 4.78 is 8.41. The lowest BCUT2D eigenvalue weighted by Crippen LogP contribution is -2.27. The molecule has 4 rings (SSSR count). The minimum Gasteiger partial charge on any atom is -0.381 e. The van der Waals surface area contributed by atoms with Crippen molar-refractivity contribution in [1.82, 2.24) is 9.55 Å². The Morgan fingerprint density at radius 3 is 2.58 bits per heavy atom. The minimum atomic E-state index is -0.451. The van der Waals surface area contributed by atoms with E-state index in [-0.39, 0.29) is 11.0 Å². The molecule has 2 aromatic heterocycles. The Morgan fingerprint density at radius 2 is 1.90 bits per heavy atom. The first-order valence-corrected chi connectivity index (χ1v) is 11.4. The average molecular weight is 529 g/mol. The molecule has 1 aliphatic heterocycles. The summed E-state index contributed by atoms with van der Waals surface area (Å²) in [4.78, 5) is 30.5. The van der Waals surface area contributed by atoms with Crippen LogP contribution < -0.4 is 10.7 Å². The van der Waals surface area contributed by atoms with Crippen molar-refractivity contribution in [2.45, 2.75) is 26.3 Å². The van der Waals surface area contributed by atoms with Gasteiger partial charge in [0.1, 0.15) is 11.4 Å². The first kappa shape index (κ1) is 21.7. The van der Waals surface area contributed by atoms with Crippen LogP contribution in [0, 0.1) is 16.4 Å². The second-order valence-electron chi connectivity index (χ2n) is 7.85. The van der Waals surface area contributed by atoms with Gasteiger partial charge < -0.3 is 14.6 Å². The molecule has 0 saturated carbocycles.